The molecule has 1 heterocycles. The Labute approximate surface area is 122 Å². The first-order chi connectivity index (χ1) is 9.65. The van der Waals surface area contributed by atoms with Crippen LogP contribution in [-0.4, -0.2) is 47.8 Å². The fourth-order valence-corrected chi connectivity index (χ4v) is 3.90. The third-order valence-corrected chi connectivity index (χ3v) is 5.17. The predicted molar refractivity (Wildman–Crippen MR) is 78.8 cm³/mol. The highest BCUT2D eigenvalue weighted by molar-refractivity contribution is 5.71. The van der Waals surface area contributed by atoms with Gasteiger partial charge in [0.2, 0.25) is 0 Å². The van der Waals surface area contributed by atoms with E-state index in [0.29, 0.717) is 12.0 Å². The molecular weight excluding hydrogens is 254 g/mol. The van der Waals surface area contributed by atoms with Crippen LogP contribution in [-0.2, 0) is 9.53 Å². The summed E-state index contributed by atoms with van der Waals surface area (Å²) in [6.45, 7) is 7.04. The maximum absolute atomic E-state index is 11.5. The zero-order chi connectivity index (χ0) is 14.5. The monoisotopic (exact) mass is 283 g/mol. The summed E-state index contributed by atoms with van der Waals surface area (Å²) in [5.74, 6) is -0.0573. The lowest BCUT2D eigenvalue weighted by atomic mass is 9.76. The lowest BCUT2D eigenvalue weighted by molar-refractivity contribution is -0.147. The quantitative estimate of drug-likeness (QED) is 0.843. The van der Waals surface area contributed by atoms with Crippen molar-refractivity contribution in [3.05, 3.63) is 0 Å². The normalized spacial score (nSPS) is 33.2. The number of nitrogens with zero attached hydrogens (tertiary/aromatic N) is 1. The summed E-state index contributed by atoms with van der Waals surface area (Å²) in [6.07, 6.45) is 6.65. The van der Waals surface area contributed by atoms with Crippen LogP contribution >= 0.6 is 0 Å². The van der Waals surface area contributed by atoms with Crippen molar-refractivity contribution in [3.63, 3.8) is 0 Å². The molecule has 2 fully saturated rings. The molecule has 0 radical (unpaired) electrons. The van der Waals surface area contributed by atoms with Crippen molar-refractivity contribution in [3.8, 4) is 0 Å². The molecule has 1 saturated carbocycles. The maximum Gasteiger partial charge on any atom is 0.308 e. The predicted octanol–water partition coefficient (Wildman–Crippen LogP) is 2.77. The Morgan fingerprint density at radius 1 is 1.20 bits per heavy atom. The molecule has 0 amide bonds. The number of carbonyl (C=O) groups is 1. The van der Waals surface area contributed by atoms with Crippen LogP contribution in [0.5, 0.6) is 0 Å². The van der Waals surface area contributed by atoms with Gasteiger partial charge in [-0.25, -0.2) is 0 Å². The summed E-state index contributed by atoms with van der Waals surface area (Å²) < 4.78 is 5.69. The van der Waals surface area contributed by atoms with Crippen LogP contribution in [0.2, 0.25) is 0 Å². The molecule has 0 spiro atoms. The highest BCUT2D eigenvalue weighted by Crippen LogP contribution is 2.35. The van der Waals surface area contributed by atoms with Crippen LogP contribution in [0.1, 0.15) is 52.4 Å². The van der Waals surface area contributed by atoms with Gasteiger partial charge in [-0.2, -0.15) is 0 Å². The number of hydrogen-bond donors (Lipinski definition) is 1. The van der Waals surface area contributed by atoms with Gasteiger partial charge in [0, 0.05) is 25.7 Å². The molecule has 1 aliphatic heterocycles. The third kappa shape index (κ3) is 3.73. The lowest BCUT2D eigenvalue weighted by Gasteiger charge is -2.43. The standard InChI is InChI=1S/C16H29NO3/c1-3-12-5-6-14(16(18)19)15(11-12)17-9-7-13(8-10-17)20-4-2/h12-15H,3-11H2,1-2H3,(H,18,19). The first-order valence-corrected chi connectivity index (χ1v) is 8.24. The zero-order valence-corrected chi connectivity index (χ0v) is 12.9. The Hall–Kier alpha value is -0.610. The van der Waals surface area contributed by atoms with Gasteiger partial charge >= 0.3 is 5.97 Å². The molecule has 4 nitrogen and oxygen atoms in total. The van der Waals surface area contributed by atoms with Gasteiger partial charge in [0.15, 0.2) is 0 Å². The number of ether oxygens (including phenoxy) is 1. The second-order valence-corrected chi connectivity index (χ2v) is 6.29. The second-order valence-electron chi connectivity index (χ2n) is 6.29. The molecule has 0 aromatic carbocycles. The third-order valence-electron chi connectivity index (χ3n) is 5.17. The highest BCUT2D eigenvalue weighted by atomic mass is 16.5. The van der Waals surface area contributed by atoms with Crippen molar-refractivity contribution in [1.82, 2.24) is 4.90 Å². The van der Waals surface area contributed by atoms with Crippen molar-refractivity contribution in [2.45, 2.75) is 64.5 Å². The van der Waals surface area contributed by atoms with Gasteiger partial charge in [-0.3, -0.25) is 9.69 Å². The summed E-state index contributed by atoms with van der Waals surface area (Å²) in [4.78, 5) is 13.9. The van der Waals surface area contributed by atoms with Crippen LogP contribution in [0, 0.1) is 11.8 Å². The number of piperidine rings is 1. The van der Waals surface area contributed by atoms with E-state index in [1.54, 1.807) is 0 Å². The molecule has 1 aliphatic carbocycles. The SMILES string of the molecule is CCOC1CCN(C2CC(CC)CCC2C(=O)O)CC1. The Bertz CT molecular complexity index is 313. The van der Waals surface area contributed by atoms with Crippen molar-refractivity contribution < 1.29 is 14.6 Å². The van der Waals surface area contributed by atoms with Crippen LogP contribution in [0.4, 0.5) is 0 Å². The van der Waals surface area contributed by atoms with E-state index in [9.17, 15) is 9.90 Å². The van der Waals surface area contributed by atoms with E-state index in [-0.39, 0.29) is 12.0 Å². The molecule has 3 atom stereocenters. The molecule has 0 bridgehead atoms. The van der Waals surface area contributed by atoms with Crippen LogP contribution < -0.4 is 0 Å². The number of hydrogen-bond acceptors (Lipinski definition) is 3. The first kappa shape index (κ1) is 15.8. The topological polar surface area (TPSA) is 49.8 Å². The summed E-state index contributed by atoms with van der Waals surface area (Å²) in [7, 11) is 0. The minimum Gasteiger partial charge on any atom is -0.481 e. The van der Waals surface area contributed by atoms with Gasteiger partial charge in [-0.05, 0) is 44.9 Å². The van der Waals surface area contributed by atoms with Crippen molar-refractivity contribution >= 4 is 5.97 Å². The Kier molecular flexibility index (Phi) is 5.85. The van der Waals surface area contributed by atoms with Gasteiger partial charge in [-0.1, -0.05) is 13.3 Å². The zero-order valence-electron chi connectivity index (χ0n) is 12.9. The van der Waals surface area contributed by atoms with Gasteiger partial charge in [-0.15, -0.1) is 0 Å². The van der Waals surface area contributed by atoms with E-state index in [4.69, 9.17) is 4.74 Å². The van der Waals surface area contributed by atoms with Crippen LogP contribution in [0.15, 0.2) is 0 Å². The number of rotatable bonds is 5. The fraction of sp³-hybridized carbons (Fsp3) is 0.938. The van der Waals surface area contributed by atoms with E-state index in [0.717, 1.165) is 51.8 Å². The maximum atomic E-state index is 11.5. The molecule has 2 rings (SSSR count). The van der Waals surface area contributed by atoms with Gasteiger partial charge in [0.25, 0.3) is 0 Å². The summed E-state index contributed by atoms with van der Waals surface area (Å²) in [5.41, 5.74) is 0. The van der Waals surface area contributed by atoms with Gasteiger partial charge in [0.1, 0.15) is 0 Å². The number of aliphatic carboxylic acids is 1. The minimum absolute atomic E-state index is 0.165. The van der Waals surface area contributed by atoms with Crippen molar-refractivity contribution in [2.75, 3.05) is 19.7 Å². The molecule has 1 saturated heterocycles. The smallest absolute Gasteiger partial charge is 0.308 e. The largest absolute Gasteiger partial charge is 0.481 e. The van der Waals surface area contributed by atoms with Gasteiger partial charge < -0.3 is 9.84 Å². The van der Waals surface area contributed by atoms with Crippen molar-refractivity contribution in [2.24, 2.45) is 11.8 Å². The van der Waals surface area contributed by atoms with Gasteiger partial charge in [0.05, 0.1) is 12.0 Å². The molecule has 1 N–H and O–H groups in total. The van der Waals surface area contributed by atoms with Crippen molar-refractivity contribution in [1.29, 1.82) is 0 Å². The molecule has 4 heteroatoms. The molecule has 0 aromatic rings. The molecule has 0 aromatic heterocycles. The Balaban J connectivity index is 1.95. The second kappa shape index (κ2) is 7.41. The fourth-order valence-electron chi connectivity index (χ4n) is 3.90. The molecule has 3 unspecified atom stereocenters. The van der Waals surface area contributed by atoms with E-state index in [1.165, 1.54) is 6.42 Å². The molecule has 20 heavy (non-hydrogen) atoms. The number of carboxylic acids is 1. The average molecular weight is 283 g/mol. The van der Waals surface area contributed by atoms with E-state index in [1.807, 2.05) is 6.92 Å². The molecular formula is C16H29NO3. The summed E-state index contributed by atoms with van der Waals surface area (Å²) in [5, 5.41) is 9.48. The van der Waals surface area contributed by atoms with Crippen LogP contribution in [0.25, 0.3) is 0 Å². The average Bonchev–Trinajstić information content (AvgIpc) is 2.47. The van der Waals surface area contributed by atoms with E-state index < -0.39 is 5.97 Å². The number of likely N-dealkylation sites (tertiary alicyclic amines) is 1. The molecule has 2 aliphatic rings. The summed E-state index contributed by atoms with van der Waals surface area (Å²) >= 11 is 0. The van der Waals surface area contributed by atoms with Crippen LogP contribution in [0.3, 0.4) is 0 Å². The van der Waals surface area contributed by atoms with E-state index in [2.05, 4.69) is 11.8 Å². The molecule has 116 valence electrons. The summed E-state index contributed by atoms with van der Waals surface area (Å²) in [6, 6.07) is 0.244. The Morgan fingerprint density at radius 2 is 1.90 bits per heavy atom. The van der Waals surface area contributed by atoms with E-state index >= 15 is 0 Å². The lowest BCUT2D eigenvalue weighted by Crippen LogP contribution is -2.51. The minimum atomic E-state index is -0.600. The first-order valence-electron chi connectivity index (χ1n) is 8.24. The number of carboxylic acid groups (broad SMARTS) is 1. The Morgan fingerprint density at radius 3 is 2.45 bits per heavy atom. The highest BCUT2D eigenvalue weighted by Gasteiger charge is 2.39.